The molecule has 1 aliphatic carbocycles. The molecule has 4 atom stereocenters. The molecule has 1 saturated carbocycles. The number of fused-ring (bicyclic) bond motifs is 6. The van der Waals surface area contributed by atoms with Crippen LogP contribution in [0.25, 0.3) is 43.7 Å². The number of alkyl halides is 2. The van der Waals surface area contributed by atoms with Gasteiger partial charge >= 0.3 is 6.01 Å². The molecule has 3 unspecified atom stereocenters. The zero-order valence-corrected chi connectivity index (χ0v) is 31.0. The fourth-order valence-corrected chi connectivity index (χ4v) is 8.74. The summed E-state index contributed by atoms with van der Waals surface area (Å²) in [6.07, 6.45) is 9.97. The van der Waals surface area contributed by atoms with Gasteiger partial charge in [-0.05, 0) is 69.4 Å². The summed E-state index contributed by atoms with van der Waals surface area (Å²) >= 11 is 0. The number of anilines is 1. The molecule has 8 rings (SSSR count). The minimum absolute atomic E-state index is 0.0334. The number of halogens is 4. The molecular weight excluding hydrogens is 702 g/mol. The minimum atomic E-state index is -2.94. The molecule has 0 radical (unpaired) electrons. The van der Waals surface area contributed by atoms with Crippen molar-refractivity contribution in [2.24, 2.45) is 12.5 Å². The zero-order valence-electron chi connectivity index (χ0n) is 31.0. The number of likely N-dealkylation sites (tertiary alicyclic amines) is 1. The number of phenols is 1. The molecule has 2 saturated heterocycles. The van der Waals surface area contributed by atoms with E-state index >= 15 is 8.78 Å². The van der Waals surface area contributed by atoms with Crippen molar-refractivity contribution in [1.29, 1.82) is 0 Å². The van der Waals surface area contributed by atoms with E-state index in [1.165, 1.54) is 24.3 Å². The van der Waals surface area contributed by atoms with E-state index in [-0.39, 0.29) is 82.6 Å². The molecule has 5 aromatic rings. The first-order valence-electron chi connectivity index (χ1n) is 18.2. The number of piperazine rings is 1. The zero-order chi connectivity index (χ0) is 38.3. The highest BCUT2D eigenvalue weighted by Crippen LogP contribution is 2.60. The molecule has 54 heavy (non-hydrogen) atoms. The van der Waals surface area contributed by atoms with E-state index in [1.807, 2.05) is 6.92 Å². The smallest absolute Gasteiger partial charge is 0.319 e. The topological polar surface area (TPSA) is 92.0 Å². The number of aryl methyl sites for hydroxylation is 1. The van der Waals surface area contributed by atoms with Gasteiger partial charge in [-0.1, -0.05) is 12.0 Å². The quantitative estimate of drug-likeness (QED) is 0.123. The van der Waals surface area contributed by atoms with Crippen LogP contribution < -0.4 is 9.64 Å². The Morgan fingerprint density at radius 1 is 1.09 bits per heavy atom. The number of rotatable bonds is 11. The number of ether oxygens (including phenoxy) is 2. The predicted octanol–water partition coefficient (Wildman–Crippen LogP) is 6.35. The van der Waals surface area contributed by atoms with Crippen LogP contribution in [-0.2, 0) is 11.8 Å². The fourth-order valence-electron chi connectivity index (χ4n) is 8.74. The highest BCUT2D eigenvalue weighted by atomic mass is 19.3. The molecule has 2 bridgehead atoms. The number of hydrogen-bond donors (Lipinski definition) is 1. The van der Waals surface area contributed by atoms with Crippen LogP contribution in [0.1, 0.15) is 38.2 Å². The SMILES string of the molecule is C#Cc1c(F)ccc2cc(O)cc(-c3c(F)c4nc(OC[C@]5(CN(C)C)CC5(F)F)nc(N5C6CCC5CN(CCC(C)OC)C6)c4c4cn(C)nc34)c12. The summed E-state index contributed by atoms with van der Waals surface area (Å²) in [5.41, 5.74) is -1.32. The van der Waals surface area contributed by atoms with Crippen LogP contribution in [0, 0.1) is 29.4 Å². The summed E-state index contributed by atoms with van der Waals surface area (Å²) in [6, 6.07) is 5.29. The summed E-state index contributed by atoms with van der Waals surface area (Å²) in [5.74, 6) is -1.77. The van der Waals surface area contributed by atoms with E-state index in [2.05, 4.69) is 20.7 Å². The first kappa shape index (κ1) is 36.3. The molecular formula is C40H43F4N7O3. The van der Waals surface area contributed by atoms with Gasteiger partial charge in [0.05, 0.1) is 22.5 Å². The van der Waals surface area contributed by atoms with Crippen molar-refractivity contribution in [3.05, 3.63) is 47.7 Å². The van der Waals surface area contributed by atoms with Gasteiger partial charge in [-0.25, -0.2) is 17.6 Å². The second-order valence-corrected chi connectivity index (χ2v) is 15.5. The maximum absolute atomic E-state index is 17.7. The summed E-state index contributed by atoms with van der Waals surface area (Å²) in [7, 11) is 6.87. The molecule has 4 heterocycles. The molecule has 2 aromatic heterocycles. The average molecular weight is 746 g/mol. The lowest BCUT2D eigenvalue weighted by Gasteiger charge is -2.42. The molecule has 0 amide bonds. The van der Waals surface area contributed by atoms with E-state index in [9.17, 15) is 13.9 Å². The molecule has 10 nitrogen and oxygen atoms in total. The Morgan fingerprint density at radius 2 is 1.81 bits per heavy atom. The van der Waals surface area contributed by atoms with E-state index in [4.69, 9.17) is 26.0 Å². The molecule has 2 aliphatic heterocycles. The third-order valence-corrected chi connectivity index (χ3v) is 11.5. The maximum Gasteiger partial charge on any atom is 0.319 e. The van der Waals surface area contributed by atoms with Crippen molar-refractivity contribution in [3.63, 3.8) is 0 Å². The van der Waals surface area contributed by atoms with Gasteiger partial charge in [0.25, 0.3) is 5.92 Å². The number of hydrogen-bond acceptors (Lipinski definition) is 9. The first-order valence-corrected chi connectivity index (χ1v) is 18.2. The van der Waals surface area contributed by atoms with Crippen molar-refractivity contribution in [2.45, 2.75) is 56.7 Å². The van der Waals surface area contributed by atoms with E-state index in [1.54, 1.807) is 44.0 Å². The number of phenolic OH excluding ortho intramolecular Hbond substituents is 1. The lowest BCUT2D eigenvalue weighted by Crippen LogP contribution is -2.54. The third kappa shape index (κ3) is 5.97. The number of terminal acetylenes is 1. The summed E-state index contributed by atoms with van der Waals surface area (Å²) in [5, 5.41) is 17.1. The van der Waals surface area contributed by atoms with Crippen molar-refractivity contribution < 1.29 is 32.1 Å². The Morgan fingerprint density at radius 3 is 2.46 bits per heavy atom. The predicted molar refractivity (Wildman–Crippen MR) is 199 cm³/mol. The van der Waals surface area contributed by atoms with Gasteiger partial charge in [0.15, 0.2) is 5.82 Å². The Labute approximate surface area is 310 Å². The lowest BCUT2D eigenvalue weighted by atomic mass is 9.91. The molecule has 3 aromatic carbocycles. The average Bonchev–Trinajstić information content (AvgIpc) is 3.31. The second-order valence-electron chi connectivity index (χ2n) is 15.5. The number of aromatic hydroxyl groups is 1. The van der Waals surface area contributed by atoms with Crippen LogP contribution in [0.3, 0.4) is 0 Å². The molecule has 3 aliphatic rings. The summed E-state index contributed by atoms with van der Waals surface area (Å²) < 4.78 is 75.7. The van der Waals surface area contributed by atoms with Gasteiger partial charge in [-0.2, -0.15) is 15.1 Å². The van der Waals surface area contributed by atoms with Crippen LogP contribution in [-0.4, -0.2) is 113 Å². The normalized spacial score (nSPS) is 22.8. The van der Waals surface area contributed by atoms with Crippen molar-refractivity contribution >= 4 is 38.4 Å². The first-order chi connectivity index (χ1) is 25.7. The maximum atomic E-state index is 17.7. The molecule has 3 fully saturated rings. The van der Waals surface area contributed by atoms with Gasteiger partial charge in [-0.15, -0.1) is 6.42 Å². The van der Waals surface area contributed by atoms with Gasteiger partial charge in [0.1, 0.15) is 35.0 Å². The highest BCUT2D eigenvalue weighted by Gasteiger charge is 2.71. The van der Waals surface area contributed by atoms with Gasteiger partial charge in [0.2, 0.25) is 0 Å². The van der Waals surface area contributed by atoms with Gasteiger partial charge < -0.3 is 24.4 Å². The largest absolute Gasteiger partial charge is 0.508 e. The van der Waals surface area contributed by atoms with Gasteiger partial charge in [0, 0.05) is 81.4 Å². The number of aromatic nitrogens is 4. The fraction of sp³-hybridized carbons (Fsp3) is 0.475. The van der Waals surface area contributed by atoms with E-state index in [0.29, 0.717) is 22.0 Å². The lowest BCUT2D eigenvalue weighted by molar-refractivity contribution is 0.0288. The van der Waals surface area contributed by atoms with Crippen molar-refractivity contribution in [3.8, 4) is 35.2 Å². The van der Waals surface area contributed by atoms with Crippen molar-refractivity contribution in [1.82, 2.24) is 29.5 Å². The van der Waals surface area contributed by atoms with Crippen LogP contribution in [0.15, 0.2) is 30.5 Å². The third-order valence-electron chi connectivity index (χ3n) is 11.5. The summed E-state index contributed by atoms with van der Waals surface area (Å²) in [6.45, 7) is 4.12. The Kier molecular flexibility index (Phi) is 8.90. The van der Waals surface area contributed by atoms with Crippen LogP contribution >= 0.6 is 0 Å². The van der Waals surface area contributed by atoms with Crippen LogP contribution in [0.5, 0.6) is 11.8 Å². The number of methoxy groups -OCH3 is 1. The van der Waals surface area contributed by atoms with Crippen molar-refractivity contribution in [2.75, 3.05) is 58.9 Å². The highest BCUT2D eigenvalue weighted by molar-refractivity contribution is 6.18. The van der Waals surface area contributed by atoms with Gasteiger partial charge in [-0.3, -0.25) is 9.58 Å². The Hall–Kier alpha value is -4.71. The minimum Gasteiger partial charge on any atom is -0.508 e. The summed E-state index contributed by atoms with van der Waals surface area (Å²) in [4.78, 5) is 15.9. The molecule has 14 heteroatoms. The Balaban J connectivity index is 1.34. The van der Waals surface area contributed by atoms with E-state index in [0.717, 1.165) is 38.9 Å². The molecule has 284 valence electrons. The monoisotopic (exact) mass is 745 g/mol. The number of nitrogens with zero attached hydrogens (tertiary/aromatic N) is 7. The van der Waals surface area contributed by atoms with Crippen LogP contribution in [0.4, 0.5) is 23.4 Å². The standard InChI is InChI=1S/C40H43F4N7O3/c1-7-27-30(41)11-8-23-14-26(52)15-28(31(23)27)32-34(42)36-33(29-18-49(5)47-35(29)32)37(46-38(45-36)54-21-39(20-48(3)4)19-40(39,43)44)51-24-9-10-25(51)17-50(16-24)13-12-22(2)53-6/h1,8,11,14-15,18,22,24-25,52H,9-10,12-13,16-17,19-21H2,2-6H3/t22?,24?,25?,39-/m1/s1. The van der Waals surface area contributed by atoms with E-state index < -0.39 is 23.0 Å². The number of benzene rings is 3. The molecule has 0 spiro atoms. The second kappa shape index (κ2) is 13.2. The molecule has 1 N–H and O–H groups in total. The Bertz CT molecular complexity index is 2330. The van der Waals surface area contributed by atoms with Crippen LogP contribution in [0.2, 0.25) is 0 Å².